The van der Waals surface area contributed by atoms with Gasteiger partial charge in [-0.3, -0.25) is 4.79 Å². The van der Waals surface area contributed by atoms with Gasteiger partial charge in [0.15, 0.2) is 8.32 Å². The maximum atomic E-state index is 11.7. The summed E-state index contributed by atoms with van der Waals surface area (Å²) in [6.45, 7) is 12.0. The molecule has 0 radical (unpaired) electrons. The molecular weight excluding hydrogens is 232 g/mol. The van der Waals surface area contributed by atoms with Gasteiger partial charge in [0.05, 0.1) is 6.10 Å². The van der Waals surface area contributed by atoms with Gasteiger partial charge < -0.3 is 15.1 Å². The molecule has 0 aliphatic carbocycles. The molecule has 100 valence electrons. The van der Waals surface area contributed by atoms with Gasteiger partial charge in [0.1, 0.15) is 6.04 Å². The van der Waals surface area contributed by atoms with E-state index in [4.69, 9.17) is 4.43 Å². The zero-order chi connectivity index (χ0) is 13.3. The molecule has 2 atom stereocenters. The highest BCUT2D eigenvalue weighted by Gasteiger charge is 2.43. The van der Waals surface area contributed by atoms with Gasteiger partial charge in [0, 0.05) is 7.05 Å². The second-order valence-corrected chi connectivity index (χ2v) is 11.0. The number of hydrogen-bond acceptors (Lipinski definition) is 3. The zero-order valence-corrected chi connectivity index (χ0v) is 12.9. The van der Waals surface area contributed by atoms with E-state index in [-0.39, 0.29) is 23.1 Å². The molecule has 0 aromatic carbocycles. The maximum Gasteiger partial charge on any atom is 0.239 e. The fourth-order valence-corrected chi connectivity index (χ4v) is 3.14. The van der Waals surface area contributed by atoms with Crippen LogP contribution in [0.4, 0.5) is 0 Å². The standard InChI is InChI=1S/C12H26N2O2Si/c1-12(2,3)17(5,6)16-9-7-8-14-10(9)11(15)13-4/h9-10,14H,7-8H2,1-6H3,(H,13,15)/t9-,10-/m0/s1. The molecule has 0 aromatic heterocycles. The number of carbonyl (C=O) groups excluding carboxylic acids is 1. The predicted octanol–water partition coefficient (Wildman–Crippen LogP) is 1.48. The van der Waals surface area contributed by atoms with Gasteiger partial charge in [-0.2, -0.15) is 0 Å². The molecule has 0 saturated carbocycles. The summed E-state index contributed by atoms with van der Waals surface area (Å²) in [4.78, 5) is 11.7. The van der Waals surface area contributed by atoms with Gasteiger partial charge in [0.25, 0.3) is 0 Å². The molecule has 1 rings (SSSR count). The number of carbonyl (C=O) groups is 1. The molecule has 4 nitrogen and oxygen atoms in total. The van der Waals surface area contributed by atoms with Crippen LogP contribution in [0, 0.1) is 0 Å². The molecule has 2 N–H and O–H groups in total. The largest absolute Gasteiger partial charge is 0.412 e. The van der Waals surface area contributed by atoms with Crippen molar-refractivity contribution in [3.8, 4) is 0 Å². The second kappa shape index (κ2) is 5.08. The van der Waals surface area contributed by atoms with E-state index < -0.39 is 8.32 Å². The van der Waals surface area contributed by atoms with Gasteiger partial charge >= 0.3 is 0 Å². The zero-order valence-electron chi connectivity index (χ0n) is 11.9. The SMILES string of the molecule is CNC(=O)[C@H]1NCC[C@@H]1O[Si](C)(C)C(C)(C)C. The quantitative estimate of drug-likeness (QED) is 0.754. The van der Waals surface area contributed by atoms with Gasteiger partial charge in [-0.05, 0) is 31.1 Å². The predicted molar refractivity (Wildman–Crippen MR) is 72.5 cm³/mol. The van der Waals surface area contributed by atoms with Gasteiger partial charge in [0.2, 0.25) is 5.91 Å². The van der Waals surface area contributed by atoms with E-state index in [9.17, 15) is 4.79 Å². The lowest BCUT2D eigenvalue weighted by Crippen LogP contribution is -2.51. The fourth-order valence-electron chi connectivity index (χ4n) is 1.78. The van der Waals surface area contributed by atoms with E-state index in [0.717, 1.165) is 13.0 Å². The van der Waals surface area contributed by atoms with Crippen molar-refractivity contribution < 1.29 is 9.22 Å². The van der Waals surface area contributed by atoms with Gasteiger partial charge in [-0.1, -0.05) is 20.8 Å². The van der Waals surface area contributed by atoms with Crippen molar-refractivity contribution in [3.05, 3.63) is 0 Å². The van der Waals surface area contributed by atoms with Gasteiger partial charge in [-0.15, -0.1) is 0 Å². The lowest BCUT2D eigenvalue weighted by atomic mass is 10.2. The molecular formula is C12H26N2O2Si. The maximum absolute atomic E-state index is 11.7. The highest BCUT2D eigenvalue weighted by Crippen LogP contribution is 2.38. The molecule has 5 heteroatoms. The Morgan fingerprint density at radius 3 is 2.47 bits per heavy atom. The molecule has 1 heterocycles. The van der Waals surface area contributed by atoms with Crippen molar-refractivity contribution in [1.82, 2.24) is 10.6 Å². The summed E-state index contributed by atoms with van der Waals surface area (Å²) in [5.41, 5.74) is 0. The van der Waals surface area contributed by atoms with E-state index in [1.807, 2.05) is 0 Å². The monoisotopic (exact) mass is 258 g/mol. The molecule has 1 aliphatic rings. The number of hydrogen-bond donors (Lipinski definition) is 2. The third-order valence-corrected chi connectivity index (χ3v) is 8.45. The number of amides is 1. The van der Waals surface area contributed by atoms with Crippen molar-refractivity contribution in [3.63, 3.8) is 0 Å². The van der Waals surface area contributed by atoms with Crippen LogP contribution in [-0.2, 0) is 9.22 Å². The smallest absolute Gasteiger partial charge is 0.239 e. The lowest BCUT2D eigenvalue weighted by Gasteiger charge is -2.39. The Hall–Kier alpha value is -0.393. The molecule has 0 spiro atoms. The first-order chi connectivity index (χ1) is 7.69. The summed E-state index contributed by atoms with van der Waals surface area (Å²) in [6, 6.07) is -0.186. The van der Waals surface area contributed by atoms with Crippen LogP contribution >= 0.6 is 0 Å². The summed E-state index contributed by atoms with van der Waals surface area (Å²) in [7, 11) is -0.118. The molecule has 17 heavy (non-hydrogen) atoms. The minimum atomic E-state index is -1.79. The van der Waals surface area contributed by atoms with Crippen LogP contribution in [-0.4, -0.2) is 40.0 Å². The Labute approximate surface area is 106 Å². The number of nitrogens with one attached hydrogen (secondary N) is 2. The number of rotatable bonds is 3. The van der Waals surface area contributed by atoms with Crippen molar-refractivity contribution in [2.24, 2.45) is 0 Å². The Morgan fingerprint density at radius 1 is 1.41 bits per heavy atom. The first-order valence-electron chi connectivity index (χ1n) is 6.32. The van der Waals surface area contributed by atoms with Crippen LogP contribution < -0.4 is 10.6 Å². The molecule has 1 amide bonds. The topological polar surface area (TPSA) is 50.4 Å². The Morgan fingerprint density at radius 2 is 2.00 bits per heavy atom. The van der Waals surface area contributed by atoms with Crippen molar-refractivity contribution in [2.75, 3.05) is 13.6 Å². The first-order valence-corrected chi connectivity index (χ1v) is 9.22. The van der Waals surface area contributed by atoms with Crippen molar-refractivity contribution >= 4 is 14.2 Å². The molecule has 1 aliphatic heterocycles. The molecule has 0 unspecified atom stereocenters. The fraction of sp³-hybridized carbons (Fsp3) is 0.917. The Balaban J connectivity index is 2.71. The van der Waals surface area contributed by atoms with E-state index in [2.05, 4.69) is 44.5 Å². The van der Waals surface area contributed by atoms with Gasteiger partial charge in [-0.25, -0.2) is 0 Å². The van der Waals surface area contributed by atoms with Crippen molar-refractivity contribution in [2.45, 2.75) is 57.5 Å². The summed E-state index contributed by atoms with van der Waals surface area (Å²) in [5.74, 6) is 0.0335. The third-order valence-electron chi connectivity index (χ3n) is 3.95. The average Bonchev–Trinajstić information content (AvgIpc) is 2.62. The van der Waals surface area contributed by atoms with Crippen LogP contribution in [0.1, 0.15) is 27.2 Å². The lowest BCUT2D eigenvalue weighted by molar-refractivity contribution is -0.124. The Bertz CT molecular complexity index is 287. The van der Waals surface area contributed by atoms with Crippen LogP contribution in [0.5, 0.6) is 0 Å². The summed E-state index contributed by atoms with van der Waals surface area (Å²) in [6.07, 6.45) is 0.945. The van der Waals surface area contributed by atoms with E-state index in [1.165, 1.54) is 0 Å². The third kappa shape index (κ3) is 3.30. The Kier molecular flexibility index (Phi) is 4.38. The highest BCUT2D eigenvalue weighted by atomic mass is 28.4. The van der Waals surface area contributed by atoms with E-state index in [0.29, 0.717) is 0 Å². The summed E-state index contributed by atoms with van der Waals surface area (Å²) < 4.78 is 6.31. The molecule has 0 aromatic rings. The summed E-state index contributed by atoms with van der Waals surface area (Å²) >= 11 is 0. The molecule has 1 fully saturated rings. The minimum Gasteiger partial charge on any atom is -0.412 e. The highest BCUT2D eigenvalue weighted by molar-refractivity contribution is 6.74. The van der Waals surface area contributed by atoms with Crippen LogP contribution in [0.15, 0.2) is 0 Å². The molecule has 1 saturated heterocycles. The average molecular weight is 258 g/mol. The normalized spacial score (nSPS) is 26.0. The first kappa shape index (κ1) is 14.7. The van der Waals surface area contributed by atoms with Crippen LogP contribution in [0.2, 0.25) is 18.1 Å². The van der Waals surface area contributed by atoms with Crippen LogP contribution in [0.25, 0.3) is 0 Å². The second-order valence-electron chi connectivity index (χ2n) is 6.25. The van der Waals surface area contributed by atoms with Crippen LogP contribution in [0.3, 0.4) is 0 Å². The minimum absolute atomic E-state index is 0.0239. The molecule has 0 bridgehead atoms. The van der Waals surface area contributed by atoms with E-state index in [1.54, 1.807) is 7.05 Å². The summed E-state index contributed by atoms with van der Waals surface area (Å²) in [5, 5.41) is 6.10. The number of likely N-dealkylation sites (N-methyl/N-ethyl adjacent to an activating group) is 1. The van der Waals surface area contributed by atoms with Crippen molar-refractivity contribution in [1.29, 1.82) is 0 Å². The van der Waals surface area contributed by atoms with E-state index >= 15 is 0 Å².